The molecule has 0 saturated carbocycles. The first kappa shape index (κ1) is 13.4. The molecule has 2 rings (SSSR count). The molecule has 1 aliphatic rings. The molecule has 1 aromatic rings. The molecule has 104 valence electrons. The van der Waals surface area contributed by atoms with Gasteiger partial charge in [-0.15, -0.1) is 0 Å². The summed E-state index contributed by atoms with van der Waals surface area (Å²) in [4.78, 5) is 31.0. The summed E-state index contributed by atoms with van der Waals surface area (Å²) in [7, 11) is 1.66. The topological polar surface area (TPSA) is 67.7 Å². The third-order valence-electron chi connectivity index (χ3n) is 3.09. The van der Waals surface area contributed by atoms with Gasteiger partial charge in [-0.05, 0) is 6.92 Å². The van der Waals surface area contributed by atoms with Crippen LogP contribution in [-0.2, 0) is 11.8 Å². The number of carbonyl (C=O) groups is 1. The largest absolute Gasteiger partial charge is 0.450 e. The molecule has 19 heavy (non-hydrogen) atoms. The third-order valence-corrected chi connectivity index (χ3v) is 3.09. The molecule has 2 heterocycles. The SMILES string of the molecule is CCOC(=O)N1CCN(c2cc(=O)n(C)cn2)CC1. The van der Waals surface area contributed by atoms with E-state index in [0.29, 0.717) is 38.6 Å². The highest BCUT2D eigenvalue weighted by molar-refractivity contribution is 5.68. The van der Waals surface area contributed by atoms with Crippen molar-refractivity contribution in [2.24, 2.45) is 7.05 Å². The number of anilines is 1. The second-order valence-corrected chi connectivity index (χ2v) is 4.37. The van der Waals surface area contributed by atoms with E-state index in [1.807, 2.05) is 4.90 Å². The van der Waals surface area contributed by atoms with Crippen LogP contribution in [-0.4, -0.2) is 53.3 Å². The second-order valence-electron chi connectivity index (χ2n) is 4.37. The molecule has 7 nitrogen and oxygen atoms in total. The van der Waals surface area contributed by atoms with Crippen LogP contribution in [0.15, 0.2) is 17.2 Å². The number of hydrogen-bond acceptors (Lipinski definition) is 5. The summed E-state index contributed by atoms with van der Waals surface area (Å²) >= 11 is 0. The predicted molar refractivity (Wildman–Crippen MR) is 70.3 cm³/mol. The molecule has 0 radical (unpaired) electrons. The number of aromatic nitrogens is 2. The van der Waals surface area contributed by atoms with Crippen molar-refractivity contribution in [1.29, 1.82) is 0 Å². The highest BCUT2D eigenvalue weighted by atomic mass is 16.6. The summed E-state index contributed by atoms with van der Waals surface area (Å²) in [5.74, 6) is 0.659. The molecule has 7 heteroatoms. The van der Waals surface area contributed by atoms with Gasteiger partial charge in [0, 0.05) is 39.3 Å². The van der Waals surface area contributed by atoms with E-state index in [1.165, 1.54) is 17.0 Å². The van der Waals surface area contributed by atoms with Gasteiger partial charge in [-0.25, -0.2) is 9.78 Å². The van der Waals surface area contributed by atoms with Crippen molar-refractivity contribution >= 4 is 11.9 Å². The summed E-state index contributed by atoms with van der Waals surface area (Å²) in [6.07, 6.45) is 1.23. The van der Waals surface area contributed by atoms with E-state index >= 15 is 0 Å². The monoisotopic (exact) mass is 266 g/mol. The highest BCUT2D eigenvalue weighted by Gasteiger charge is 2.22. The van der Waals surface area contributed by atoms with Gasteiger partial charge in [0.2, 0.25) is 0 Å². The fourth-order valence-electron chi connectivity index (χ4n) is 1.96. The van der Waals surface area contributed by atoms with E-state index in [4.69, 9.17) is 4.74 Å². The molecule has 0 atom stereocenters. The van der Waals surface area contributed by atoms with E-state index in [-0.39, 0.29) is 11.7 Å². The molecule has 0 aliphatic carbocycles. The molecule has 0 aromatic carbocycles. The van der Waals surface area contributed by atoms with Crippen LogP contribution < -0.4 is 10.5 Å². The van der Waals surface area contributed by atoms with E-state index in [2.05, 4.69) is 4.98 Å². The maximum atomic E-state index is 11.6. The maximum Gasteiger partial charge on any atom is 0.409 e. The number of nitrogens with zero attached hydrogens (tertiary/aromatic N) is 4. The summed E-state index contributed by atoms with van der Waals surface area (Å²) < 4.78 is 6.39. The van der Waals surface area contributed by atoms with Crippen LogP contribution >= 0.6 is 0 Å². The zero-order chi connectivity index (χ0) is 13.8. The van der Waals surface area contributed by atoms with Gasteiger partial charge in [-0.3, -0.25) is 4.79 Å². The van der Waals surface area contributed by atoms with Crippen LogP contribution in [0.4, 0.5) is 10.6 Å². The van der Waals surface area contributed by atoms with Crippen molar-refractivity contribution in [1.82, 2.24) is 14.5 Å². The number of hydrogen-bond donors (Lipinski definition) is 0. The first-order valence-electron chi connectivity index (χ1n) is 6.31. The molecule has 1 amide bonds. The van der Waals surface area contributed by atoms with E-state index < -0.39 is 0 Å². The standard InChI is InChI=1S/C12H18N4O3/c1-3-19-12(18)16-6-4-15(5-7-16)10-8-11(17)14(2)9-13-10/h8-9H,3-7H2,1-2H3. The zero-order valence-corrected chi connectivity index (χ0v) is 11.2. The van der Waals surface area contributed by atoms with E-state index in [0.717, 1.165) is 0 Å². The minimum Gasteiger partial charge on any atom is -0.450 e. The van der Waals surface area contributed by atoms with E-state index in [1.54, 1.807) is 18.9 Å². The van der Waals surface area contributed by atoms with Crippen molar-refractivity contribution in [3.8, 4) is 0 Å². The Morgan fingerprint density at radius 3 is 2.63 bits per heavy atom. The Kier molecular flexibility index (Phi) is 4.03. The Bertz CT molecular complexity index is 506. The van der Waals surface area contributed by atoms with Crippen molar-refractivity contribution in [3.05, 3.63) is 22.7 Å². The molecule has 0 unspecified atom stereocenters. The van der Waals surface area contributed by atoms with Gasteiger partial charge in [0.05, 0.1) is 12.9 Å². The Morgan fingerprint density at radius 2 is 2.05 bits per heavy atom. The fourth-order valence-corrected chi connectivity index (χ4v) is 1.96. The van der Waals surface area contributed by atoms with Crippen LogP contribution in [0.5, 0.6) is 0 Å². The summed E-state index contributed by atoms with van der Waals surface area (Å²) in [6, 6.07) is 1.51. The summed E-state index contributed by atoms with van der Waals surface area (Å²) in [6.45, 7) is 4.64. The minimum atomic E-state index is -0.279. The lowest BCUT2D eigenvalue weighted by Gasteiger charge is -2.34. The van der Waals surface area contributed by atoms with Crippen LogP contribution in [0.25, 0.3) is 0 Å². The third kappa shape index (κ3) is 3.04. The molecule has 1 fully saturated rings. The zero-order valence-electron chi connectivity index (χ0n) is 11.2. The van der Waals surface area contributed by atoms with Crippen molar-refractivity contribution < 1.29 is 9.53 Å². The number of carbonyl (C=O) groups excluding carboxylic acids is 1. The predicted octanol–water partition coefficient (Wildman–Crippen LogP) is 0.0588. The molecular weight excluding hydrogens is 248 g/mol. The highest BCUT2D eigenvalue weighted by Crippen LogP contribution is 2.11. The van der Waals surface area contributed by atoms with Gasteiger partial charge in [-0.2, -0.15) is 0 Å². The first-order chi connectivity index (χ1) is 9.11. The van der Waals surface area contributed by atoms with E-state index in [9.17, 15) is 9.59 Å². The number of amides is 1. The lowest BCUT2D eigenvalue weighted by molar-refractivity contribution is 0.105. The quantitative estimate of drug-likeness (QED) is 0.757. The molecule has 0 N–H and O–H groups in total. The molecule has 0 bridgehead atoms. The Balaban J connectivity index is 1.98. The fraction of sp³-hybridized carbons (Fsp3) is 0.583. The average molecular weight is 266 g/mol. The second kappa shape index (κ2) is 5.73. The maximum absolute atomic E-state index is 11.6. The lowest BCUT2D eigenvalue weighted by Crippen LogP contribution is -2.49. The number of piperazine rings is 1. The molecule has 1 saturated heterocycles. The normalized spacial score (nSPS) is 15.5. The Labute approximate surface area is 111 Å². The first-order valence-corrected chi connectivity index (χ1v) is 6.31. The molecule has 0 spiro atoms. The number of aryl methyl sites for hydroxylation is 1. The lowest BCUT2D eigenvalue weighted by atomic mass is 10.3. The molecule has 1 aromatic heterocycles. The molecular formula is C12H18N4O3. The number of rotatable bonds is 2. The van der Waals surface area contributed by atoms with Crippen LogP contribution in [0, 0.1) is 0 Å². The smallest absolute Gasteiger partial charge is 0.409 e. The summed E-state index contributed by atoms with van der Waals surface area (Å²) in [5, 5.41) is 0. The van der Waals surface area contributed by atoms with Crippen LogP contribution in [0.1, 0.15) is 6.92 Å². The van der Waals surface area contributed by atoms with Crippen LogP contribution in [0.3, 0.4) is 0 Å². The molecule has 1 aliphatic heterocycles. The van der Waals surface area contributed by atoms with Gasteiger partial charge >= 0.3 is 6.09 Å². The van der Waals surface area contributed by atoms with Crippen molar-refractivity contribution in [2.75, 3.05) is 37.7 Å². The van der Waals surface area contributed by atoms with Gasteiger partial charge in [0.1, 0.15) is 5.82 Å². The minimum absolute atomic E-state index is 0.0853. The van der Waals surface area contributed by atoms with Gasteiger partial charge in [0.25, 0.3) is 5.56 Å². The van der Waals surface area contributed by atoms with Gasteiger partial charge in [-0.1, -0.05) is 0 Å². The average Bonchev–Trinajstić information content (AvgIpc) is 2.42. The number of ether oxygens (including phenoxy) is 1. The van der Waals surface area contributed by atoms with Gasteiger partial charge < -0.3 is 19.1 Å². The van der Waals surface area contributed by atoms with Gasteiger partial charge in [0.15, 0.2) is 0 Å². The summed E-state index contributed by atoms with van der Waals surface area (Å²) in [5.41, 5.74) is -0.0853. The van der Waals surface area contributed by atoms with Crippen molar-refractivity contribution in [2.45, 2.75) is 6.92 Å². The Morgan fingerprint density at radius 1 is 1.37 bits per heavy atom. The van der Waals surface area contributed by atoms with Crippen molar-refractivity contribution in [3.63, 3.8) is 0 Å². The van der Waals surface area contributed by atoms with Crippen LogP contribution in [0.2, 0.25) is 0 Å². The Hall–Kier alpha value is -2.05.